The highest BCUT2D eigenvalue weighted by molar-refractivity contribution is 5.90. The SMILES string of the molecule is CC(=O)NC(c1ccccc1)c1c(O)ccc2ccc(O)cc12. The van der Waals surface area contributed by atoms with Crippen LogP contribution in [0.2, 0.25) is 0 Å². The molecule has 0 spiro atoms. The minimum Gasteiger partial charge on any atom is -0.508 e. The van der Waals surface area contributed by atoms with Crippen LogP contribution >= 0.6 is 0 Å². The van der Waals surface area contributed by atoms with Gasteiger partial charge in [0.1, 0.15) is 11.5 Å². The van der Waals surface area contributed by atoms with Crippen LogP contribution in [0.4, 0.5) is 0 Å². The van der Waals surface area contributed by atoms with Crippen molar-refractivity contribution in [1.29, 1.82) is 0 Å². The molecule has 1 amide bonds. The van der Waals surface area contributed by atoms with Crippen molar-refractivity contribution in [2.45, 2.75) is 13.0 Å². The van der Waals surface area contributed by atoms with Crippen molar-refractivity contribution in [2.75, 3.05) is 0 Å². The average Bonchev–Trinajstić information content (AvgIpc) is 2.53. The van der Waals surface area contributed by atoms with Crippen LogP contribution in [0.15, 0.2) is 60.7 Å². The van der Waals surface area contributed by atoms with Crippen LogP contribution in [-0.2, 0) is 4.79 Å². The summed E-state index contributed by atoms with van der Waals surface area (Å²) in [6.45, 7) is 1.44. The zero-order valence-electron chi connectivity index (χ0n) is 12.7. The molecular formula is C19H17NO3. The van der Waals surface area contributed by atoms with Crippen LogP contribution in [0, 0.1) is 0 Å². The number of benzene rings is 3. The smallest absolute Gasteiger partial charge is 0.217 e. The van der Waals surface area contributed by atoms with Gasteiger partial charge < -0.3 is 15.5 Å². The molecule has 0 aliphatic carbocycles. The molecule has 0 heterocycles. The first-order valence-electron chi connectivity index (χ1n) is 7.33. The van der Waals surface area contributed by atoms with E-state index < -0.39 is 6.04 Å². The molecule has 0 saturated heterocycles. The Kier molecular flexibility index (Phi) is 3.89. The number of hydrogen-bond acceptors (Lipinski definition) is 3. The van der Waals surface area contributed by atoms with Crippen molar-refractivity contribution >= 4 is 16.7 Å². The number of phenols is 2. The van der Waals surface area contributed by atoms with E-state index >= 15 is 0 Å². The van der Waals surface area contributed by atoms with E-state index in [4.69, 9.17) is 0 Å². The van der Waals surface area contributed by atoms with E-state index in [1.807, 2.05) is 30.3 Å². The molecule has 0 aliphatic rings. The third-order valence-corrected chi connectivity index (χ3v) is 3.79. The summed E-state index contributed by atoms with van der Waals surface area (Å²) in [5.74, 6) is -0.0138. The third kappa shape index (κ3) is 2.97. The Morgan fingerprint density at radius 3 is 2.39 bits per heavy atom. The van der Waals surface area contributed by atoms with Gasteiger partial charge >= 0.3 is 0 Å². The van der Waals surface area contributed by atoms with Crippen LogP contribution in [-0.4, -0.2) is 16.1 Å². The molecule has 4 nitrogen and oxygen atoms in total. The first-order valence-corrected chi connectivity index (χ1v) is 7.33. The van der Waals surface area contributed by atoms with Crippen molar-refractivity contribution in [3.8, 4) is 11.5 Å². The molecular weight excluding hydrogens is 290 g/mol. The molecule has 3 aromatic rings. The second-order valence-electron chi connectivity index (χ2n) is 5.45. The van der Waals surface area contributed by atoms with Gasteiger partial charge in [-0.05, 0) is 34.5 Å². The molecule has 0 radical (unpaired) electrons. The Hall–Kier alpha value is -3.01. The topological polar surface area (TPSA) is 69.6 Å². The zero-order chi connectivity index (χ0) is 16.4. The monoisotopic (exact) mass is 307 g/mol. The number of carbonyl (C=O) groups excluding carboxylic acids is 1. The van der Waals surface area contributed by atoms with Crippen LogP contribution in [0.5, 0.6) is 11.5 Å². The predicted octanol–water partition coefficient (Wildman–Crippen LogP) is 3.48. The molecule has 1 atom stereocenters. The second kappa shape index (κ2) is 6.01. The summed E-state index contributed by atoms with van der Waals surface area (Å²) in [6.07, 6.45) is 0. The number of hydrogen-bond donors (Lipinski definition) is 3. The highest BCUT2D eigenvalue weighted by atomic mass is 16.3. The molecule has 1 unspecified atom stereocenters. The summed E-state index contributed by atoms with van der Waals surface area (Å²) in [6, 6.07) is 17.3. The molecule has 4 heteroatoms. The van der Waals surface area contributed by atoms with Gasteiger partial charge in [0.2, 0.25) is 5.91 Å². The number of amides is 1. The van der Waals surface area contributed by atoms with Crippen molar-refractivity contribution < 1.29 is 15.0 Å². The van der Waals surface area contributed by atoms with Gasteiger partial charge in [0.15, 0.2) is 0 Å². The van der Waals surface area contributed by atoms with Crippen LogP contribution in [0.3, 0.4) is 0 Å². The molecule has 116 valence electrons. The van der Waals surface area contributed by atoms with E-state index in [1.165, 1.54) is 6.92 Å². The normalized spacial score (nSPS) is 12.0. The van der Waals surface area contributed by atoms with E-state index in [2.05, 4.69) is 5.32 Å². The minimum absolute atomic E-state index is 0.0747. The maximum atomic E-state index is 11.7. The van der Waals surface area contributed by atoms with Gasteiger partial charge in [-0.1, -0.05) is 42.5 Å². The van der Waals surface area contributed by atoms with Crippen molar-refractivity contribution in [1.82, 2.24) is 5.32 Å². The highest BCUT2D eigenvalue weighted by Crippen LogP contribution is 2.37. The number of aromatic hydroxyl groups is 2. The van der Waals surface area contributed by atoms with Crippen LogP contribution in [0.1, 0.15) is 24.1 Å². The Balaban J connectivity index is 2.27. The first kappa shape index (κ1) is 14.9. The van der Waals surface area contributed by atoms with Gasteiger partial charge in [-0.25, -0.2) is 0 Å². The fraction of sp³-hybridized carbons (Fsp3) is 0.105. The van der Waals surface area contributed by atoms with Gasteiger partial charge in [0, 0.05) is 12.5 Å². The number of carbonyl (C=O) groups is 1. The van der Waals surface area contributed by atoms with E-state index in [1.54, 1.807) is 30.3 Å². The lowest BCUT2D eigenvalue weighted by Gasteiger charge is -2.22. The van der Waals surface area contributed by atoms with E-state index in [0.29, 0.717) is 10.9 Å². The lowest BCUT2D eigenvalue weighted by molar-refractivity contribution is -0.119. The molecule has 23 heavy (non-hydrogen) atoms. The lowest BCUT2D eigenvalue weighted by atomic mass is 9.92. The summed E-state index contributed by atoms with van der Waals surface area (Å²) >= 11 is 0. The minimum atomic E-state index is -0.501. The predicted molar refractivity (Wildman–Crippen MR) is 89.4 cm³/mol. The summed E-state index contributed by atoms with van der Waals surface area (Å²) in [5, 5.41) is 24.7. The summed E-state index contributed by atoms with van der Waals surface area (Å²) in [5.41, 5.74) is 1.42. The molecule has 0 aliphatic heterocycles. The molecule has 3 rings (SSSR count). The molecule has 3 aromatic carbocycles. The third-order valence-electron chi connectivity index (χ3n) is 3.79. The van der Waals surface area contributed by atoms with Crippen molar-refractivity contribution in [3.63, 3.8) is 0 Å². The fourth-order valence-electron chi connectivity index (χ4n) is 2.79. The summed E-state index contributed by atoms with van der Waals surface area (Å²) < 4.78 is 0. The lowest BCUT2D eigenvalue weighted by Crippen LogP contribution is -2.27. The van der Waals surface area contributed by atoms with Gasteiger partial charge in [-0.15, -0.1) is 0 Å². The first-order chi connectivity index (χ1) is 11.1. The molecule has 3 N–H and O–H groups in total. The maximum Gasteiger partial charge on any atom is 0.217 e. The van der Waals surface area contributed by atoms with E-state index in [9.17, 15) is 15.0 Å². The van der Waals surface area contributed by atoms with Crippen LogP contribution in [0.25, 0.3) is 10.8 Å². The molecule has 0 fully saturated rings. The quantitative estimate of drug-likeness (QED) is 0.694. The standard InChI is InChI=1S/C19H17NO3/c1-12(21)20-19(14-5-3-2-4-6-14)18-16-11-15(22)9-7-13(16)8-10-17(18)23/h2-11,19,22-23H,1H3,(H,20,21). The maximum absolute atomic E-state index is 11.7. The van der Waals surface area contributed by atoms with Gasteiger partial charge in [0.25, 0.3) is 0 Å². The van der Waals surface area contributed by atoms with Crippen molar-refractivity contribution in [3.05, 3.63) is 71.8 Å². The number of fused-ring (bicyclic) bond motifs is 1. The van der Waals surface area contributed by atoms with Crippen molar-refractivity contribution in [2.24, 2.45) is 0 Å². The number of nitrogens with one attached hydrogen (secondary N) is 1. The number of rotatable bonds is 3. The number of phenolic OH excluding ortho intramolecular Hbond substituents is 2. The van der Waals surface area contributed by atoms with Crippen LogP contribution < -0.4 is 5.32 Å². The molecule has 0 saturated carbocycles. The Labute approximate surface area is 134 Å². The fourth-order valence-corrected chi connectivity index (χ4v) is 2.79. The Bertz CT molecular complexity index is 854. The molecule has 0 bridgehead atoms. The van der Waals surface area contributed by atoms with Gasteiger partial charge in [-0.3, -0.25) is 4.79 Å². The Morgan fingerprint density at radius 2 is 1.70 bits per heavy atom. The van der Waals surface area contributed by atoms with E-state index in [-0.39, 0.29) is 17.4 Å². The Morgan fingerprint density at radius 1 is 1.00 bits per heavy atom. The van der Waals surface area contributed by atoms with E-state index in [0.717, 1.165) is 10.9 Å². The largest absolute Gasteiger partial charge is 0.508 e. The van der Waals surface area contributed by atoms with Gasteiger partial charge in [0.05, 0.1) is 6.04 Å². The van der Waals surface area contributed by atoms with Gasteiger partial charge in [-0.2, -0.15) is 0 Å². The molecule has 0 aromatic heterocycles. The summed E-state index contributed by atoms with van der Waals surface area (Å²) in [4.78, 5) is 11.7. The second-order valence-corrected chi connectivity index (χ2v) is 5.45. The zero-order valence-corrected chi connectivity index (χ0v) is 12.7. The highest BCUT2D eigenvalue weighted by Gasteiger charge is 2.21. The average molecular weight is 307 g/mol. The summed E-state index contributed by atoms with van der Waals surface area (Å²) in [7, 11) is 0.